The van der Waals surface area contributed by atoms with Crippen LogP contribution in [0.3, 0.4) is 0 Å². The number of ether oxygens (including phenoxy) is 1. The van der Waals surface area contributed by atoms with Crippen LogP contribution in [0.25, 0.3) is 0 Å². The van der Waals surface area contributed by atoms with E-state index in [4.69, 9.17) is 4.74 Å². The molecule has 0 saturated carbocycles. The van der Waals surface area contributed by atoms with E-state index in [9.17, 15) is 12.8 Å². The molecule has 1 fully saturated rings. The molecule has 1 aliphatic rings. The molecule has 0 amide bonds. The smallest absolute Gasteiger partial charge is 0.243 e. The number of halogens is 1. The zero-order valence-corrected chi connectivity index (χ0v) is 14.5. The fraction of sp³-hybridized carbons (Fsp3) is 0.625. The summed E-state index contributed by atoms with van der Waals surface area (Å²) >= 11 is 0. The maximum absolute atomic E-state index is 13.9. The number of hydrogen-bond acceptors (Lipinski definition) is 4. The second-order valence-electron chi connectivity index (χ2n) is 5.93. The van der Waals surface area contributed by atoms with Crippen molar-refractivity contribution in [3.8, 4) is 5.75 Å². The van der Waals surface area contributed by atoms with E-state index >= 15 is 0 Å². The van der Waals surface area contributed by atoms with E-state index < -0.39 is 15.8 Å². The molecule has 0 spiro atoms. The predicted octanol–water partition coefficient (Wildman–Crippen LogP) is 2.23. The van der Waals surface area contributed by atoms with Gasteiger partial charge in [0.15, 0.2) is 0 Å². The highest BCUT2D eigenvalue weighted by atomic mass is 32.2. The number of nitrogens with zero attached hydrogens (tertiary/aromatic N) is 1. The molecule has 0 aromatic heterocycles. The van der Waals surface area contributed by atoms with Crippen LogP contribution in [-0.4, -0.2) is 46.6 Å². The van der Waals surface area contributed by atoms with Gasteiger partial charge in [-0.15, -0.1) is 0 Å². The zero-order chi connectivity index (χ0) is 16.9. The normalized spacial score (nSPS) is 17.3. The second-order valence-corrected chi connectivity index (χ2v) is 7.67. The van der Waals surface area contributed by atoms with E-state index in [-0.39, 0.29) is 4.90 Å². The molecular formula is C16H25FN2O3S. The molecule has 1 aromatic rings. The lowest BCUT2D eigenvalue weighted by Gasteiger charge is -2.31. The quantitative estimate of drug-likeness (QED) is 0.824. The molecule has 0 unspecified atom stereocenters. The maximum atomic E-state index is 13.9. The Balaban J connectivity index is 1.92. The topological polar surface area (TPSA) is 58.6 Å². The van der Waals surface area contributed by atoms with Gasteiger partial charge < -0.3 is 9.64 Å². The van der Waals surface area contributed by atoms with Gasteiger partial charge in [-0.1, -0.05) is 6.92 Å². The molecule has 7 heteroatoms. The Morgan fingerprint density at radius 1 is 1.35 bits per heavy atom. The molecule has 2 rings (SSSR count). The first-order valence-corrected chi connectivity index (χ1v) is 9.50. The van der Waals surface area contributed by atoms with Crippen molar-refractivity contribution in [3.05, 3.63) is 24.0 Å². The Morgan fingerprint density at radius 2 is 2.04 bits per heavy atom. The molecule has 1 saturated heterocycles. The standard InChI is InChI=1S/C16H25FN2O3S/c1-3-8-19-9-6-13(7-10-19)12-18-23(20,21)16-5-4-14(22-2)11-15(16)17/h4-5,11,13,18H,3,6-10,12H2,1-2H3. The Labute approximate surface area is 137 Å². The summed E-state index contributed by atoms with van der Waals surface area (Å²) in [5.41, 5.74) is 0. The van der Waals surface area contributed by atoms with Crippen LogP contribution in [0.15, 0.2) is 23.1 Å². The summed E-state index contributed by atoms with van der Waals surface area (Å²) in [4.78, 5) is 2.07. The fourth-order valence-electron chi connectivity index (χ4n) is 2.86. The lowest BCUT2D eigenvalue weighted by Crippen LogP contribution is -2.39. The van der Waals surface area contributed by atoms with Crippen molar-refractivity contribution in [1.29, 1.82) is 0 Å². The van der Waals surface area contributed by atoms with Gasteiger partial charge in [-0.2, -0.15) is 0 Å². The molecule has 1 aliphatic heterocycles. The first-order valence-electron chi connectivity index (χ1n) is 8.02. The number of hydrogen-bond donors (Lipinski definition) is 1. The van der Waals surface area contributed by atoms with Crippen molar-refractivity contribution in [3.63, 3.8) is 0 Å². The third kappa shape index (κ3) is 4.89. The van der Waals surface area contributed by atoms with Gasteiger partial charge in [0.05, 0.1) is 7.11 Å². The SMILES string of the molecule is CCCN1CCC(CNS(=O)(=O)c2ccc(OC)cc2F)CC1. The summed E-state index contributed by atoms with van der Waals surface area (Å²) in [6.45, 7) is 5.60. The minimum Gasteiger partial charge on any atom is -0.497 e. The highest BCUT2D eigenvalue weighted by Crippen LogP contribution is 2.21. The lowest BCUT2D eigenvalue weighted by molar-refractivity contribution is 0.186. The molecule has 1 heterocycles. The Kier molecular flexibility index (Phi) is 6.38. The molecule has 130 valence electrons. The number of rotatable bonds is 7. The molecule has 0 aliphatic carbocycles. The number of methoxy groups -OCH3 is 1. The average molecular weight is 344 g/mol. The third-order valence-electron chi connectivity index (χ3n) is 4.24. The second kappa shape index (κ2) is 8.08. The largest absolute Gasteiger partial charge is 0.497 e. The number of sulfonamides is 1. The van der Waals surface area contributed by atoms with Crippen molar-refractivity contribution in [2.45, 2.75) is 31.1 Å². The highest BCUT2D eigenvalue weighted by Gasteiger charge is 2.23. The molecule has 5 nitrogen and oxygen atoms in total. The van der Waals surface area contributed by atoms with Gasteiger partial charge in [0.25, 0.3) is 0 Å². The van der Waals surface area contributed by atoms with Gasteiger partial charge in [0.1, 0.15) is 16.5 Å². The zero-order valence-electron chi connectivity index (χ0n) is 13.7. The van der Waals surface area contributed by atoms with Crippen molar-refractivity contribution in [2.24, 2.45) is 5.92 Å². The van der Waals surface area contributed by atoms with Crippen molar-refractivity contribution in [1.82, 2.24) is 9.62 Å². The summed E-state index contributed by atoms with van der Waals surface area (Å²) in [6.07, 6.45) is 3.06. The van der Waals surface area contributed by atoms with E-state index in [1.807, 2.05) is 0 Å². The summed E-state index contributed by atoms with van der Waals surface area (Å²) in [5, 5.41) is 0. The van der Waals surface area contributed by atoms with Gasteiger partial charge >= 0.3 is 0 Å². The van der Waals surface area contributed by atoms with Crippen molar-refractivity contribution in [2.75, 3.05) is 33.3 Å². The average Bonchev–Trinajstić information content (AvgIpc) is 2.54. The van der Waals surface area contributed by atoms with Crippen LogP contribution in [0.5, 0.6) is 5.75 Å². The monoisotopic (exact) mass is 344 g/mol. The Hall–Kier alpha value is -1.18. The van der Waals surface area contributed by atoms with Gasteiger partial charge in [-0.3, -0.25) is 0 Å². The number of nitrogens with one attached hydrogen (secondary N) is 1. The van der Waals surface area contributed by atoms with Crippen molar-refractivity contribution >= 4 is 10.0 Å². The van der Waals surface area contributed by atoms with Gasteiger partial charge in [0.2, 0.25) is 10.0 Å². The van der Waals surface area contributed by atoms with Gasteiger partial charge in [-0.25, -0.2) is 17.5 Å². The van der Waals surface area contributed by atoms with E-state index in [0.717, 1.165) is 45.0 Å². The van der Waals surface area contributed by atoms with Crippen LogP contribution in [0.2, 0.25) is 0 Å². The molecule has 0 atom stereocenters. The summed E-state index contributed by atoms with van der Waals surface area (Å²) in [6, 6.07) is 3.76. The lowest BCUT2D eigenvalue weighted by atomic mass is 9.97. The predicted molar refractivity (Wildman–Crippen MR) is 87.6 cm³/mol. The molecule has 1 aromatic carbocycles. The number of benzene rings is 1. The molecule has 0 bridgehead atoms. The maximum Gasteiger partial charge on any atom is 0.243 e. The highest BCUT2D eigenvalue weighted by molar-refractivity contribution is 7.89. The van der Waals surface area contributed by atoms with Crippen LogP contribution in [0, 0.1) is 11.7 Å². The van der Waals surface area contributed by atoms with Gasteiger partial charge in [-0.05, 0) is 56.9 Å². The molecular weight excluding hydrogens is 319 g/mol. The van der Waals surface area contributed by atoms with Crippen LogP contribution >= 0.6 is 0 Å². The number of likely N-dealkylation sites (tertiary alicyclic amines) is 1. The Morgan fingerprint density at radius 3 is 2.61 bits per heavy atom. The van der Waals surface area contributed by atoms with Crippen LogP contribution in [0.1, 0.15) is 26.2 Å². The first kappa shape index (κ1) is 18.2. The van der Waals surface area contributed by atoms with E-state index in [1.54, 1.807) is 0 Å². The van der Waals surface area contributed by atoms with Gasteiger partial charge in [0, 0.05) is 12.6 Å². The van der Waals surface area contributed by atoms with Crippen molar-refractivity contribution < 1.29 is 17.5 Å². The fourth-order valence-corrected chi connectivity index (χ4v) is 4.04. The van der Waals surface area contributed by atoms with Crippen LogP contribution < -0.4 is 9.46 Å². The summed E-state index contributed by atoms with van der Waals surface area (Å²) < 4.78 is 45.9. The minimum atomic E-state index is -3.83. The molecule has 0 radical (unpaired) electrons. The van der Waals surface area contributed by atoms with Crippen LogP contribution in [-0.2, 0) is 10.0 Å². The summed E-state index contributed by atoms with van der Waals surface area (Å²) in [5.74, 6) is -0.196. The van der Waals surface area contributed by atoms with E-state index in [0.29, 0.717) is 18.2 Å². The molecule has 1 N–H and O–H groups in total. The van der Waals surface area contributed by atoms with Crippen LogP contribution in [0.4, 0.5) is 4.39 Å². The molecule has 23 heavy (non-hydrogen) atoms. The van der Waals surface area contributed by atoms with E-state index in [1.165, 1.54) is 19.2 Å². The van der Waals surface area contributed by atoms with E-state index in [2.05, 4.69) is 16.5 Å². The Bertz CT molecular complexity index is 614. The minimum absolute atomic E-state index is 0.296. The first-order chi connectivity index (χ1) is 11.0. The third-order valence-corrected chi connectivity index (χ3v) is 5.69. The summed E-state index contributed by atoms with van der Waals surface area (Å²) in [7, 11) is -2.42. The number of piperidine rings is 1.